The predicted octanol–water partition coefficient (Wildman–Crippen LogP) is 4.40. The van der Waals surface area contributed by atoms with Crippen molar-refractivity contribution in [2.45, 2.75) is 42.1 Å². The molecule has 0 spiro atoms. The summed E-state index contributed by atoms with van der Waals surface area (Å²) in [6.07, 6.45) is 10.4. The van der Waals surface area contributed by atoms with Crippen molar-refractivity contribution in [2.24, 2.45) is 0 Å². The monoisotopic (exact) mass is 436 g/mol. The van der Waals surface area contributed by atoms with Crippen LogP contribution < -0.4 is 0 Å². The Hall–Kier alpha value is -3.22. The lowest BCUT2D eigenvalue weighted by molar-refractivity contribution is 0.285. The topological polar surface area (TPSA) is 92.0 Å². The van der Waals surface area contributed by atoms with E-state index < -0.39 is 5.82 Å². The van der Waals surface area contributed by atoms with Gasteiger partial charge in [0.25, 0.3) is 0 Å². The van der Waals surface area contributed by atoms with E-state index >= 15 is 0 Å². The second kappa shape index (κ2) is 8.88. The summed E-state index contributed by atoms with van der Waals surface area (Å²) in [5, 5.41) is 25.7. The van der Waals surface area contributed by atoms with Gasteiger partial charge in [-0.05, 0) is 44.4 Å². The molecule has 0 bridgehead atoms. The Bertz CT molecular complexity index is 1270. The molecule has 1 aliphatic rings. The zero-order valence-corrected chi connectivity index (χ0v) is 18.0. The van der Waals surface area contributed by atoms with Crippen molar-refractivity contribution in [1.29, 1.82) is 5.26 Å². The summed E-state index contributed by atoms with van der Waals surface area (Å²) in [5.41, 5.74) is 4.12. The lowest BCUT2D eigenvalue weighted by atomic mass is 9.93. The van der Waals surface area contributed by atoms with Crippen LogP contribution in [0.1, 0.15) is 36.6 Å². The number of rotatable bonds is 4. The maximum Gasteiger partial charge on any atom is 0.155 e. The fourth-order valence-corrected chi connectivity index (χ4v) is 4.62. The molecule has 0 aromatic carbocycles. The van der Waals surface area contributed by atoms with E-state index in [4.69, 9.17) is 5.11 Å². The van der Waals surface area contributed by atoms with Gasteiger partial charge in [0, 0.05) is 41.2 Å². The van der Waals surface area contributed by atoms with Gasteiger partial charge in [-0.25, -0.2) is 13.9 Å². The van der Waals surface area contributed by atoms with E-state index in [1.165, 1.54) is 30.4 Å². The molecule has 0 saturated heterocycles. The molecule has 1 saturated carbocycles. The normalized spacial score (nSPS) is 13.4. The minimum atomic E-state index is -0.395. The first-order chi connectivity index (χ1) is 15.2. The highest BCUT2D eigenvalue weighted by Crippen LogP contribution is 2.38. The molecule has 5 rings (SSSR count). The summed E-state index contributed by atoms with van der Waals surface area (Å²) in [5.74, 6) is -0.395. The van der Waals surface area contributed by atoms with Crippen molar-refractivity contribution in [3.05, 3.63) is 60.1 Å². The Morgan fingerprint density at radius 1 is 1.26 bits per heavy atom. The summed E-state index contributed by atoms with van der Waals surface area (Å²) in [4.78, 5) is 4.87. The lowest BCUT2D eigenvalue weighted by Crippen LogP contribution is -2.19. The van der Waals surface area contributed by atoms with Crippen LogP contribution in [0.2, 0.25) is 0 Å². The predicted molar refractivity (Wildman–Crippen MR) is 115 cm³/mol. The van der Waals surface area contributed by atoms with Gasteiger partial charge in [-0.2, -0.15) is 15.5 Å². The molecule has 9 heteroatoms. The van der Waals surface area contributed by atoms with Crippen LogP contribution in [0.15, 0.2) is 52.9 Å². The van der Waals surface area contributed by atoms with Crippen LogP contribution in [0.3, 0.4) is 0 Å². The number of aromatic nitrogens is 5. The van der Waals surface area contributed by atoms with Gasteiger partial charge in [0.2, 0.25) is 0 Å². The average molecular weight is 437 g/mol. The first-order valence-corrected chi connectivity index (χ1v) is 10.7. The van der Waals surface area contributed by atoms with E-state index in [0.717, 1.165) is 41.7 Å². The lowest BCUT2D eigenvalue weighted by Gasteiger charge is -2.27. The molecular weight excluding hydrogens is 415 g/mol. The second-order valence-electron chi connectivity index (χ2n) is 7.12. The molecule has 4 aromatic heterocycles. The molecule has 0 unspecified atom stereocenters. The number of pyridine rings is 2. The van der Waals surface area contributed by atoms with E-state index in [-0.39, 0.29) is 5.03 Å². The van der Waals surface area contributed by atoms with E-state index in [0.29, 0.717) is 17.1 Å². The number of hydrogen-bond acceptors (Lipinski definition) is 6. The Kier molecular flexibility index (Phi) is 6.02. The molecule has 1 N–H and O–H groups in total. The van der Waals surface area contributed by atoms with Crippen LogP contribution in [-0.2, 0) is 0 Å². The van der Waals surface area contributed by atoms with Crippen molar-refractivity contribution in [1.82, 2.24) is 24.4 Å². The third kappa shape index (κ3) is 3.80. The fourth-order valence-electron chi connectivity index (χ4n) is 3.65. The van der Waals surface area contributed by atoms with Crippen LogP contribution in [0.25, 0.3) is 16.6 Å². The molecule has 31 heavy (non-hydrogen) atoms. The minimum Gasteiger partial charge on any atom is -0.400 e. The first kappa shape index (κ1) is 21.0. The van der Waals surface area contributed by atoms with Crippen molar-refractivity contribution in [2.75, 3.05) is 7.11 Å². The minimum absolute atomic E-state index is 0.263. The molecule has 158 valence electrons. The molecule has 7 nitrogen and oxygen atoms in total. The smallest absolute Gasteiger partial charge is 0.155 e. The zero-order valence-electron chi connectivity index (χ0n) is 17.2. The van der Waals surface area contributed by atoms with E-state index in [1.54, 1.807) is 16.8 Å². The molecule has 0 aliphatic heterocycles. The molecule has 0 atom stereocenters. The number of hydrogen-bond donors (Lipinski definition) is 1. The highest BCUT2D eigenvalue weighted by atomic mass is 32.2. The van der Waals surface area contributed by atoms with Crippen LogP contribution in [0.5, 0.6) is 0 Å². The van der Waals surface area contributed by atoms with Gasteiger partial charge in [0.05, 0.1) is 29.5 Å². The van der Waals surface area contributed by atoms with Gasteiger partial charge in [0.15, 0.2) is 5.82 Å². The number of aliphatic hydroxyl groups is 1. The second-order valence-corrected chi connectivity index (χ2v) is 8.15. The largest absolute Gasteiger partial charge is 0.400 e. The van der Waals surface area contributed by atoms with E-state index in [1.807, 2.05) is 18.5 Å². The number of aliphatic hydroxyl groups excluding tert-OH is 1. The number of fused-ring (bicyclic) bond motifs is 1. The summed E-state index contributed by atoms with van der Waals surface area (Å²) in [6, 6.07) is 7.54. The molecule has 1 aliphatic carbocycles. The van der Waals surface area contributed by atoms with Crippen molar-refractivity contribution in [3.8, 4) is 17.2 Å². The van der Waals surface area contributed by atoms with Crippen LogP contribution in [-0.4, -0.2) is 36.6 Å². The fraction of sp³-hybridized carbons (Fsp3) is 0.273. The van der Waals surface area contributed by atoms with E-state index in [9.17, 15) is 9.65 Å². The Balaban J connectivity index is 0.00000112. The van der Waals surface area contributed by atoms with Crippen LogP contribution >= 0.6 is 11.8 Å². The average Bonchev–Trinajstić information content (AvgIpc) is 3.34. The Morgan fingerprint density at radius 3 is 2.74 bits per heavy atom. The Labute approximate surface area is 183 Å². The summed E-state index contributed by atoms with van der Waals surface area (Å²) in [6.45, 7) is 2.07. The number of halogens is 1. The third-order valence-corrected chi connectivity index (χ3v) is 6.43. The molecule has 4 aromatic rings. The summed E-state index contributed by atoms with van der Waals surface area (Å²) >= 11 is 1.20. The first-order valence-electron chi connectivity index (χ1n) is 9.85. The van der Waals surface area contributed by atoms with Gasteiger partial charge < -0.3 is 5.11 Å². The summed E-state index contributed by atoms with van der Waals surface area (Å²) < 4.78 is 18.0. The number of nitrogens with zero attached hydrogens (tertiary/aromatic N) is 6. The molecular formula is C22H21FN6OS. The molecule has 0 amide bonds. The third-order valence-electron chi connectivity index (χ3n) is 5.40. The van der Waals surface area contributed by atoms with E-state index in [2.05, 4.69) is 32.9 Å². The maximum atomic E-state index is 14.2. The molecule has 4 heterocycles. The number of nitriles is 1. The van der Waals surface area contributed by atoms with Gasteiger partial charge in [-0.3, -0.25) is 4.68 Å². The maximum absolute atomic E-state index is 14.2. The van der Waals surface area contributed by atoms with Gasteiger partial charge in [-0.1, -0.05) is 11.8 Å². The van der Waals surface area contributed by atoms with Gasteiger partial charge in [0.1, 0.15) is 11.1 Å². The van der Waals surface area contributed by atoms with Crippen LogP contribution in [0, 0.1) is 24.1 Å². The molecule has 0 radical (unpaired) electrons. The highest BCUT2D eigenvalue weighted by Gasteiger charge is 2.24. The molecule has 1 fully saturated rings. The van der Waals surface area contributed by atoms with Gasteiger partial charge >= 0.3 is 0 Å². The van der Waals surface area contributed by atoms with Gasteiger partial charge in [-0.15, -0.1) is 0 Å². The Morgan fingerprint density at radius 2 is 2.06 bits per heavy atom. The SMILES string of the molecule is CO.Cc1c(-c2cc(Sc3ncccc3F)c3c(C#N)cnn3c2)cnn1C1CCC1. The van der Waals surface area contributed by atoms with Crippen molar-refractivity contribution < 1.29 is 9.50 Å². The summed E-state index contributed by atoms with van der Waals surface area (Å²) in [7, 11) is 1.00. The van der Waals surface area contributed by atoms with Crippen molar-refractivity contribution >= 4 is 17.3 Å². The highest BCUT2D eigenvalue weighted by molar-refractivity contribution is 7.99. The van der Waals surface area contributed by atoms with Crippen LogP contribution in [0.4, 0.5) is 4.39 Å². The zero-order chi connectivity index (χ0) is 22.0. The quantitative estimate of drug-likeness (QED) is 0.510. The standard InChI is InChI=1S/C21H17FN6S.CH4O/c1-13-17(11-26-28(13)16-4-2-5-16)14-8-19(29-21-18(22)6-3-7-24-21)20-15(9-23)10-25-27(20)12-14;1-2/h3,6-8,10-12,16H,2,4-5H2,1H3;2H,1H3. The van der Waals surface area contributed by atoms with Crippen molar-refractivity contribution in [3.63, 3.8) is 0 Å².